The number of ether oxygens (including phenoxy) is 1. The number of rotatable bonds is 5. The van der Waals surface area contributed by atoms with E-state index in [0.29, 0.717) is 43.0 Å². The first-order valence-electron chi connectivity index (χ1n) is 8.93. The van der Waals surface area contributed by atoms with E-state index in [1.807, 2.05) is 0 Å². The third-order valence-corrected chi connectivity index (χ3v) is 4.58. The molecule has 8 heteroatoms. The molecule has 1 aliphatic rings. The minimum Gasteiger partial charge on any atom is -0.488 e. The summed E-state index contributed by atoms with van der Waals surface area (Å²) in [7, 11) is 0. The van der Waals surface area contributed by atoms with Crippen LogP contribution in [-0.2, 0) is 17.4 Å². The number of likely N-dealkylation sites (tertiary alicyclic amines) is 1. The Kier molecular flexibility index (Phi) is 5.76. The first-order valence-corrected chi connectivity index (χ1v) is 8.93. The van der Waals surface area contributed by atoms with Crippen LogP contribution in [0.3, 0.4) is 0 Å². The van der Waals surface area contributed by atoms with Gasteiger partial charge in [-0.2, -0.15) is 13.2 Å². The molecule has 0 N–H and O–H groups in total. The van der Waals surface area contributed by atoms with E-state index < -0.39 is 17.4 Å². The third-order valence-electron chi connectivity index (χ3n) is 4.58. The Hall–Kier alpha value is -2.77. The van der Waals surface area contributed by atoms with Gasteiger partial charge in [0.2, 0.25) is 5.91 Å². The molecule has 2 heterocycles. The van der Waals surface area contributed by atoms with Crippen molar-refractivity contribution in [2.24, 2.45) is 0 Å². The summed E-state index contributed by atoms with van der Waals surface area (Å²) in [4.78, 5) is 25.4. The maximum Gasteiger partial charge on any atom is 0.416 e. The minimum atomic E-state index is -4.36. The number of benzene rings is 1. The molecule has 0 bridgehead atoms. The van der Waals surface area contributed by atoms with E-state index >= 15 is 0 Å². The quantitative estimate of drug-likeness (QED) is 0.777. The standard InChI is InChI=1S/C20H20F3NO4/c1-13-10-17(11-19(26)27-13)28-16-8-9-24(12-16)18(25)7-4-14-2-5-15(6-3-14)20(21,22)23/h2-3,5-6,10-11,16H,4,7-9,12H2,1H3/t16-/m1/s1. The van der Waals surface area contributed by atoms with Crippen molar-refractivity contribution in [3.05, 3.63) is 63.7 Å². The number of amides is 1. The second-order valence-electron chi connectivity index (χ2n) is 6.79. The monoisotopic (exact) mass is 395 g/mol. The smallest absolute Gasteiger partial charge is 0.416 e. The summed E-state index contributed by atoms with van der Waals surface area (Å²) in [5.74, 6) is 0.789. The van der Waals surface area contributed by atoms with Gasteiger partial charge in [-0.25, -0.2) is 4.79 Å². The van der Waals surface area contributed by atoms with Gasteiger partial charge in [-0.1, -0.05) is 12.1 Å². The highest BCUT2D eigenvalue weighted by atomic mass is 19.4. The zero-order chi connectivity index (χ0) is 20.3. The largest absolute Gasteiger partial charge is 0.488 e. The van der Waals surface area contributed by atoms with Crippen LogP contribution in [0, 0.1) is 6.92 Å². The summed E-state index contributed by atoms with van der Waals surface area (Å²) in [5.41, 5.74) is -0.510. The minimum absolute atomic E-state index is 0.0743. The summed E-state index contributed by atoms with van der Waals surface area (Å²) < 4.78 is 48.4. The first-order chi connectivity index (χ1) is 13.2. The maximum atomic E-state index is 12.6. The maximum absolute atomic E-state index is 12.6. The van der Waals surface area contributed by atoms with Crippen LogP contribution in [0.1, 0.15) is 29.7 Å². The second kappa shape index (κ2) is 8.08. The second-order valence-corrected chi connectivity index (χ2v) is 6.79. The summed E-state index contributed by atoms with van der Waals surface area (Å²) in [6, 6.07) is 7.74. The van der Waals surface area contributed by atoms with Crippen molar-refractivity contribution in [3.8, 4) is 5.75 Å². The van der Waals surface area contributed by atoms with Crippen molar-refractivity contribution in [2.75, 3.05) is 13.1 Å². The lowest BCUT2D eigenvalue weighted by molar-refractivity contribution is -0.137. The Balaban J connectivity index is 1.50. The number of carbonyl (C=O) groups excluding carboxylic acids is 1. The van der Waals surface area contributed by atoms with E-state index in [4.69, 9.17) is 9.15 Å². The molecule has 1 atom stereocenters. The van der Waals surface area contributed by atoms with Gasteiger partial charge in [-0.3, -0.25) is 4.79 Å². The SMILES string of the molecule is Cc1cc(O[C@@H]2CCN(C(=O)CCc3ccc(C(F)(F)F)cc3)C2)cc(=O)o1. The molecule has 28 heavy (non-hydrogen) atoms. The van der Waals surface area contributed by atoms with E-state index in [1.54, 1.807) is 17.9 Å². The fourth-order valence-electron chi connectivity index (χ4n) is 3.16. The Bertz CT molecular complexity index is 890. The Morgan fingerprint density at radius 2 is 1.96 bits per heavy atom. The molecule has 1 fully saturated rings. The topological polar surface area (TPSA) is 59.8 Å². The van der Waals surface area contributed by atoms with E-state index in [9.17, 15) is 22.8 Å². The van der Waals surface area contributed by atoms with Crippen LogP contribution in [0.5, 0.6) is 5.75 Å². The fourth-order valence-corrected chi connectivity index (χ4v) is 3.16. The fraction of sp³-hybridized carbons (Fsp3) is 0.400. The van der Waals surface area contributed by atoms with Gasteiger partial charge in [0.1, 0.15) is 17.6 Å². The van der Waals surface area contributed by atoms with E-state index in [2.05, 4.69) is 0 Å². The van der Waals surface area contributed by atoms with E-state index in [0.717, 1.165) is 12.1 Å². The molecule has 2 aromatic rings. The van der Waals surface area contributed by atoms with Gasteiger partial charge in [-0.15, -0.1) is 0 Å². The third kappa shape index (κ3) is 5.15. The molecule has 0 aliphatic carbocycles. The summed E-state index contributed by atoms with van der Waals surface area (Å²) in [5, 5.41) is 0. The van der Waals surface area contributed by atoms with Gasteiger partial charge < -0.3 is 14.1 Å². The molecule has 0 saturated carbocycles. The molecule has 5 nitrogen and oxygen atoms in total. The Labute approximate surface area is 159 Å². The molecule has 0 radical (unpaired) electrons. The lowest BCUT2D eigenvalue weighted by Gasteiger charge is -2.17. The molecule has 3 rings (SSSR count). The number of aryl methyl sites for hydroxylation is 2. The number of hydrogen-bond donors (Lipinski definition) is 0. The number of halogens is 3. The van der Waals surface area contributed by atoms with Crippen LogP contribution < -0.4 is 10.4 Å². The van der Waals surface area contributed by atoms with Crippen molar-refractivity contribution in [1.82, 2.24) is 4.90 Å². The number of alkyl halides is 3. The highest BCUT2D eigenvalue weighted by Gasteiger charge is 2.30. The molecule has 0 spiro atoms. The zero-order valence-corrected chi connectivity index (χ0v) is 15.3. The Morgan fingerprint density at radius 3 is 2.61 bits per heavy atom. The van der Waals surface area contributed by atoms with Crippen LogP contribution in [0.4, 0.5) is 13.2 Å². The van der Waals surface area contributed by atoms with Gasteiger partial charge in [0.05, 0.1) is 18.2 Å². The highest BCUT2D eigenvalue weighted by molar-refractivity contribution is 5.76. The number of hydrogen-bond acceptors (Lipinski definition) is 4. The van der Waals surface area contributed by atoms with Crippen molar-refractivity contribution < 1.29 is 27.1 Å². The molecule has 1 aromatic heterocycles. The van der Waals surface area contributed by atoms with Gasteiger partial charge in [0.15, 0.2) is 0 Å². The van der Waals surface area contributed by atoms with Crippen molar-refractivity contribution >= 4 is 5.91 Å². The average molecular weight is 395 g/mol. The normalized spacial score (nSPS) is 17.0. The number of carbonyl (C=O) groups is 1. The van der Waals surface area contributed by atoms with Crippen LogP contribution in [0.15, 0.2) is 45.6 Å². The molecule has 1 aromatic carbocycles. The summed E-state index contributed by atoms with van der Waals surface area (Å²) in [6.45, 7) is 2.60. The van der Waals surface area contributed by atoms with Crippen LogP contribution in [0.2, 0.25) is 0 Å². The highest BCUT2D eigenvalue weighted by Crippen LogP contribution is 2.29. The van der Waals surface area contributed by atoms with E-state index in [1.165, 1.54) is 18.2 Å². The van der Waals surface area contributed by atoms with Crippen molar-refractivity contribution in [2.45, 2.75) is 38.5 Å². The van der Waals surface area contributed by atoms with Crippen molar-refractivity contribution in [1.29, 1.82) is 0 Å². The van der Waals surface area contributed by atoms with E-state index in [-0.39, 0.29) is 18.4 Å². The van der Waals surface area contributed by atoms with Gasteiger partial charge in [0, 0.05) is 25.5 Å². The molecule has 1 amide bonds. The van der Waals surface area contributed by atoms with Gasteiger partial charge in [-0.05, 0) is 31.0 Å². The predicted molar refractivity (Wildman–Crippen MR) is 95.1 cm³/mol. The average Bonchev–Trinajstić information content (AvgIpc) is 3.07. The predicted octanol–water partition coefficient (Wildman–Crippen LogP) is 3.58. The number of nitrogens with zero attached hydrogens (tertiary/aromatic N) is 1. The molecule has 0 unspecified atom stereocenters. The molecule has 150 valence electrons. The van der Waals surface area contributed by atoms with Crippen LogP contribution >= 0.6 is 0 Å². The molecule has 1 aliphatic heterocycles. The Morgan fingerprint density at radius 1 is 1.25 bits per heavy atom. The first kappa shape index (κ1) is 20.0. The molecule has 1 saturated heterocycles. The van der Waals surface area contributed by atoms with Crippen LogP contribution in [0.25, 0.3) is 0 Å². The molecular formula is C20H20F3NO4. The van der Waals surface area contributed by atoms with Crippen LogP contribution in [-0.4, -0.2) is 30.0 Å². The lowest BCUT2D eigenvalue weighted by atomic mass is 10.1. The lowest BCUT2D eigenvalue weighted by Crippen LogP contribution is -2.31. The van der Waals surface area contributed by atoms with Gasteiger partial charge in [0.25, 0.3) is 0 Å². The van der Waals surface area contributed by atoms with Gasteiger partial charge >= 0.3 is 11.8 Å². The van der Waals surface area contributed by atoms with Crippen molar-refractivity contribution in [3.63, 3.8) is 0 Å². The summed E-state index contributed by atoms with van der Waals surface area (Å²) >= 11 is 0. The molecular weight excluding hydrogens is 375 g/mol. The summed E-state index contributed by atoms with van der Waals surface area (Å²) in [6.07, 6.45) is -3.34. The zero-order valence-electron chi connectivity index (χ0n) is 15.3.